The Morgan fingerprint density at radius 2 is 2.19 bits per heavy atom. The number of nitrogens with one attached hydrogen (secondary N) is 1. The molecule has 0 radical (unpaired) electrons. The van der Waals surface area contributed by atoms with Gasteiger partial charge in [0.15, 0.2) is 0 Å². The van der Waals surface area contributed by atoms with Gasteiger partial charge in [-0.1, -0.05) is 0 Å². The van der Waals surface area contributed by atoms with Gasteiger partial charge in [0.2, 0.25) is 0 Å². The van der Waals surface area contributed by atoms with E-state index in [0.717, 1.165) is 45.0 Å². The molecule has 1 aliphatic heterocycles. The Balaban J connectivity index is 1.88. The summed E-state index contributed by atoms with van der Waals surface area (Å²) in [6.07, 6.45) is 2.63. The second kappa shape index (κ2) is 7.95. The largest absolute Gasteiger partial charge is 0.378 e. The van der Waals surface area contributed by atoms with Crippen LogP contribution in [0.5, 0.6) is 0 Å². The molecule has 2 rings (SSSR count). The fourth-order valence-corrected chi connectivity index (χ4v) is 2.25. The number of morpholine rings is 1. The van der Waals surface area contributed by atoms with Gasteiger partial charge in [0.1, 0.15) is 5.69 Å². The lowest BCUT2D eigenvalue weighted by atomic mass is 10.2. The van der Waals surface area contributed by atoms with Crippen LogP contribution in [0.25, 0.3) is 0 Å². The van der Waals surface area contributed by atoms with Gasteiger partial charge in [0.25, 0.3) is 5.91 Å². The molecule has 1 fully saturated rings. The molecule has 21 heavy (non-hydrogen) atoms. The van der Waals surface area contributed by atoms with E-state index < -0.39 is 0 Å². The molecule has 0 unspecified atom stereocenters. The number of pyridine rings is 1. The van der Waals surface area contributed by atoms with Crippen molar-refractivity contribution in [3.8, 4) is 0 Å². The van der Waals surface area contributed by atoms with Crippen molar-refractivity contribution in [2.24, 2.45) is 0 Å². The van der Waals surface area contributed by atoms with Gasteiger partial charge in [-0.25, -0.2) is 0 Å². The highest BCUT2D eigenvalue weighted by Gasteiger charge is 2.14. The lowest BCUT2D eigenvalue weighted by Crippen LogP contribution is -2.36. The van der Waals surface area contributed by atoms with Crippen LogP contribution in [0.2, 0.25) is 0 Å². The van der Waals surface area contributed by atoms with E-state index in [0.29, 0.717) is 12.2 Å². The average molecular weight is 292 g/mol. The molecule has 0 spiro atoms. The maximum absolute atomic E-state index is 12.1. The summed E-state index contributed by atoms with van der Waals surface area (Å²) in [5, 5.41) is 2.91. The lowest BCUT2D eigenvalue weighted by molar-refractivity contribution is 0.0947. The zero-order valence-electron chi connectivity index (χ0n) is 12.8. The highest BCUT2D eigenvalue weighted by atomic mass is 16.5. The van der Waals surface area contributed by atoms with Gasteiger partial charge in [0.05, 0.1) is 13.2 Å². The van der Waals surface area contributed by atoms with Crippen LogP contribution in [0.15, 0.2) is 18.3 Å². The molecule has 1 aromatic heterocycles. The zero-order valence-corrected chi connectivity index (χ0v) is 12.8. The van der Waals surface area contributed by atoms with Gasteiger partial charge in [-0.2, -0.15) is 0 Å². The molecule has 1 saturated heterocycles. The first kappa shape index (κ1) is 15.7. The molecule has 1 aromatic rings. The third-order valence-corrected chi connectivity index (χ3v) is 3.42. The predicted molar refractivity (Wildman–Crippen MR) is 82.8 cm³/mol. The smallest absolute Gasteiger partial charge is 0.269 e. The van der Waals surface area contributed by atoms with Crippen molar-refractivity contribution in [2.45, 2.75) is 6.42 Å². The van der Waals surface area contributed by atoms with Gasteiger partial charge >= 0.3 is 0 Å². The summed E-state index contributed by atoms with van der Waals surface area (Å²) in [6, 6.07) is 3.79. The Kier molecular flexibility index (Phi) is 5.95. The van der Waals surface area contributed by atoms with Gasteiger partial charge in [-0.3, -0.25) is 9.78 Å². The molecule has 6 heteroatoms. The first-order chi connectivity index (χ1) is 10.2. The number of carbonyl (C=O) groups excluding carboxylic acids is 1. The van der Waals surface area contributed by atoms with Crippen LogP contribution in [-0.4, -0.2) is 69.3 Å². The monoisotopic (exact) mass is 292 g/mol. The van der Waals surface area contributed by atoms with Crippen LogP contribution >= 0.6 is 0 Å². The van der Waals surface area contributed by atoms with E-state index in [4.69, 9.17) is 4.74 Å². The summed E-state index contributed by atoms with van der Waals surface area (Å²) in [5.41, 5.74) is 1.51. The Morgan fingerprint density at radius 1 is 1.43 bits per heavy atom. The first-order valence-electron chi connectivity index (χ1n) is 7.38. The fraction of sp³-hybridized carbons (Fsp3) is 0.600. The molecule has 0 aliphatic carbocycles. The summed E-state index contributed by atoms with van der Waals surface area (Å²) in [6.45, 7) is 4.80. The fourth-order valence-electron chi connectivity index (χ4n) is 2.25. The Morgan fingerprint density at radius 3 is 2.90 bits per heavy atom. The highest BCUT2D eigenvalue weighted by molar-refractivity contribution is 5.93. The number of hydrogen-bond donors (Lipinski definition) is 1. The average Bonchev–Trinajstić information content (AvgIpc) is 2.52. The maximum atomic E-state index is 12.1. The van der Waals surface area contributed by atoms with Crippen molar-refractivity contribution < 1.29 is 9.53 Å². The van der Waals surface area contributed by atoms with Crippen molar-refractivity contribution in [1.82, 2.24) is 15.2 Å². The molecular formula is C15H24N4O2. The number of carbonyl (C=O) groups is 1. The normalized spacial score (nSPS) is 15.3. The number of anilines is 1. The third kappa shape index (κ3) is 4.99. The van der Waals surface area contributed by atoms with Crippen molar-refractivity contribution in [3.05, 3.63) is 24.0 Å². The summed E-state index contributed by atoms with van der Waals surface area (Å²) in [7, 11) is 4.05. The van der Waals surface area contributed by atoms with E-state index in [2.05, 4.69) is 20.1 Å². The van der Waals surface area contributed by atoms with Crippen LogP contribution in [0, 0.1) is 0 Å². The molecule has 6 nitrogen and oxygen atoms in total. The minimum absolute atomic E-state index is 0.108. The van der Waals surface area contributed by atoms with Crippen LogP contribution in [0.3, 0.4) is 0 Å². The van der Waals surface area contributed by atoms with Crippen LogP contribution in [0.1, 0.15) is 16.9 Å². The summed E-state index contributed by atoms with van der Waals surface area (Å²) < 4.78 is 5.34. The zero-order chi connectivity index (χ0) is 15.1. The summed E-state index contributed by atoms with van der Waals surface area (Å²) >= 11 is 0. The standard InChI is InChI=1S/C15H24N4O2/c1-18(2)7-3-5-17-15(20)14-12-13(4-6-16-14)19-8-10-21-11-9-19/h4,6,12H,3,5,7-11H2,1-2H3,(H,17,20). The quantitative estimate of drug-likeness (QED) is 0.778. The second-order valence-corrected chi connectivity index (χ2v) is 5.41. The molecule has 2 heterocycles. The summed E-state index contributed by atoms with van der Waals surface area (Å²) in [4.78, 5) is 20.6. The molecule has 116 valence electrons. The number of amides is 1. The third-order valence-electron chi connectivity index (χ3n) is 3.42. The topological polar surface area (TPSA) is 57.7 Å². The Bertz CT molecular complexity index is 459. The number of aromatic nitrogens is 1. The number of hydrogen-bond acceptors (Lipinski definition) is 5. The Hall–Kier alpha value is -1.66. The van der Waals surface area contributed by atoms with E-state index in [1.165, 1.54) is 0 Å². The van der Waals surface area contributed by atoms with Crippen molar-refractivity contribution in [2.75, 3.05) is 58.4 Å². The highest BCUT2D eigenvalue weighted by Crippen LogP contribution is 2.15. The van der Waals surface area contributed by atoms with E-state index >= 15 is 0 Å². The molecule has 0 bridgehead atoms. The van der Waals surface area contributed by atoms with Gasteiger partial charge in [-0.05, 0) is 39.2 Å². The second-order valence-electron chi connectivity index (χ2n) is 5.41. The minimum Gasteiger partial charge on any atom is -0.378 e. The number of nitrogens with zero attached hydrogens (tertiary/aromatic N) is 3. The van der Waals surface area contributed by atoms with Crippen LogP contribution in [0.4, 0.5) is 5.69 Å². The molecule has 0 atom stereocenters. The van der Waals surface area contributed by atoms with E-state index in [1.807, 2.05) is 26.2 Å². The van der Waals surface area contributed by atoms with Crippen LogP contribution < -0.4 is 10.2 Å². The molecule has 0 aromatic carbocycles. The Labute approximate surface area is 126 Å². The number of rotatable bonds is 6. The molecule has 1 N–H and O–H groups in total. The molecular weight excluding hydrogens is 268 g/mol. The van der Waals surface area contributed by atoms with Gasteiger partial charge < -0.3 is 19.9 Å². The van der Waals surface area contributed by atoms with Crippen molar-refractivity contribution in [1.29, 1.82) is 0 Å². The van der Waals surface area contributed by atoms with E-state index in [-0.39, 0.29) is 5.91 Å². The lowest BCUT2D eigenvalue weighted by Gasteiger charge is -2.28. The van der Waals surface area contributed by atoms with Crippen LogP contribution in [-0.2, 0) is 4.74 Å². The van der Waals surface area contributed by atoms with Gasteiger partial charge in [-0.15, -0.1) is 0 Å². The predicted octanol–water partition coefficient (Wildman–Crippen LogP) is 0.600. The maximum Gasteiger partial charge on any atom is 0.269 e. The van der Waals surface area contributed by atoms with E-state index in [1.54, 1.807) is 6.20 Å². The number of ether oxygens (including phenoxy) is 1. The van der Waals surface area contributed by atoms with Crippen molar-refractivity contribution >= 4 is 11.6 Å². The SMILES string of the molecule is CN(C)CCCNC(=O)c1cc(N2CCOCC2)ccn1. The molecule has 0 saturated carbocycles. The van der Waals surface area contributed by atoms with Crippen molar-refractivity contribution in [3.63, 3.8) is 0 Å². The van der Waals surface area contributed by atoms with E-state index in [9.17, 15) is 4.79 Å². The molecule has 1 amide bonds. The first-order valence-corrected chi connectivity index (χ1v) is 7.38. The summed E-state index contributed by atoms with van der Waals surface area (Å²) in [5.74, 6) is -0.108. The molecule has 1 aliphatic rings. The van der Waals surface area contributed by atoms with Gasteiger partial charge in [0, 0.05) is 31.5 Å². The minimum atomic E-state index is -0.108.